The zero-order chi connectivity index (χ0) is 13.1. The Morgan fingerprint density at radius 2 is 1.94 bits per heavy atom. The molecule has 2 aromatic rings. The summed E-state index contributed by atoms with van der Waals surface area (Å²) in [5.74, 6) is -5.11. The van der Waals surface area contributed by atoms with Gasteiger partial charge < -0.3 is 5.32 Å². The molecule has 0 saturated heterocycles. The number of benzene rings is 1. The Kier molecular flexibility index (Phi) is 3.31. The summed E-state index contributed by atoms with van der Waals surface area (Å²) in [4.78, 5) is 11.6. The Balaban J connectivity index is 2.09. The van der Waals surface area contributed by atoms with Gasteiger partial charge >= 0.3 is 0 Å². The van der Waals surface area contributed by atoms with Crippen LogP contribution in [0.15, 0.2) is 24.4 Å². The molecule has 0 saturated carbocycles. The lowest BCUT2D eigenvalue weighted by atomic mass is 10.2. The third kappa shape index (κ3) is 2.50. The molecule has 0 fully saturated rings. The Morgan fingerprint density at radius 1 is 1.28 bits per heavy atom. The molecule has 0 atom stereocenters. The number of rotatable bonds is 3. The van der Waals surface area contributed by atoms with Gasteiger partial charge in [0.25, 0.3) is 5.91 Å². The van der Waals surface area contributed by atoms with Crippen LogP contribution in [0.1, 0.15) is 16.1 Å². The monoisotopic (exact) mass is 255 g/mol. The third-order valence-corrected chi connectivity index (χ3v) is 2.24. The molecule has 7 heteroatoms. The smallest absolute Gasteiger partial charge is 0.251 e. The highest BCUT2D eigenvalue weighted by Gasteiger charge is 2.14. The highest BCUT2D eigenvalue weighted by molar-refractivity contribution is 5.94. The standard InChI is InChI=1S/C11H8F3N3O/c12-8-3-6(4-9(13)10(8)14)11(18)15-5-7-1-2-16-17-7/h1-4H,5H2,(H,15,18)(H,16,17). The summed E-state index contributed by atoms with van der Waals surface area (Å²) in [6.07, 6.45) is 1.50. The molecule has 2 rings (SSSR count). The van der Waals surface area contributed by atoms with E-state index in [1.165, 1.54) is 6.20 Å². The van der Waals surface area contributed by atoms with Crippen LogP contribution in [0.4, 0.5) is 13.2 Å². The molecular formula is C11H8F3N3O. The molecule has 4 nitrogen and oxygen atoms in total. The van der Waals surface area contributed by atoms with E-state index in [-0.39, 0.29) is 12.1 Å². The average molecular weight is 255 g/mol. The highest BCUT2D eigenvalue weighted by Crippen LogP contribution is 2.13. The van der Waals surface area contributed by atoms with Gasteiger partial charge in [-0.2, -0.15) is 5.10 Å². The van der Waals surface area contributed by atoms with Gasteiger partial charge in [-0.1, -0.05) is 0 Å². The van der Waals surface area contributed by atoms with E-state index in [0.29, 0.717) is 17.8 Å². The lowest BCUT2D eigenvalue weighted by Gasteiger charge is -2.04. The molecule has 0 spiro atoms. The Bertz CT molecular complexity index is 546. The second-order valence-electron chi connectivity index (χ2n) is 3.52. The maximum Gasteiger partial charge on any atom is 0.251 e. The van der Waals surface area contributed by atoms with Gasteiger partial charge in [-0.3, -0.25) is 9.89 Å². The first kappa shape index (κ1) is 12.2. The molecule has 0 aliphatic rings. The summed E-state index contributed by atoms with van der Waals surface area (Å²) in [7, 11) is 0. The largest absolute Gasteiger partial charge is 0.346 e. The number of carbonyl (C=O) groups is 1. The van der Waals surface area contributed by atoms with Crippen LogP contribution in [0.25, 0.3) is 0 Å². The van der Waals surface area contributed by atoms with Crippen molar-refractivity contribution in [3.63, 3.8) is 0 Å². The van der Waals surface area contributed by atoms with Crippen molar-refractivity contribution in [1.29, 1.82) is 0 Å². The van der Waals surface area contributed by atoms with Gasteiger partial charge in [0.15, 0.2) is 17.5 Å². The van der Waals surface area contributed by atoms with Crippen LogP contribution in [0, 0.1) is 17.5 Å². The van der Waals surface area contributed by atoms with E-state index in [9.17, 15) is 18.0 Å². The third-order valence-electron chi connectivity index (χ3n) is 2.24. The second kappa shape index (κ2) is 4.91. The molecule has 1 aromatic carbocycles. The van der Waals surface area contributed by atoms with Gasteiger partial charge in [-0.15, -0.1) is 0 Å². The van der Waals surface area contributed by atoms with Crippen molar-refractivity contribution in [2.75, 3.05) is 0 Å². The lowest BCUT2D eigenvalue weighted by Crippen LogP contribution is -2.23. The van der Waals surface area contributed by atoms with E-state index in [4.69, 9.17) is 0 Å². The minimum atomic E-state index is -1.60. The second-order valence-corrected chi connectivity index (χ2v) is 3.52. The number of amides is 1. The van der Waals surface area contributed by atoms with Gasteiger partial charge in [0, 0.05) is 11.8 Å². The van der Waals surface area contributed by atoms with Crippen LogP contribution in [0.5, 0.6) is 0 Å². The van der Waals surface area contributed by atoms with E-state index < -0.39 is 23.4 Å². The van der Waals surface area contributed by atoms with Crippen LogP contribution in [0.3, 0.4) is 0 Å². The van der Waals surface area contributed by atoms with E-state index in [2.05, 4.69) is 15.5 Å². The molecule has 0 aliphatic heterocycles. The Morgan fingerprint density at radius 3 is 2.50 bits per heavy atom. The molecule has 0 aliphatic carbocycles. The maximum atomic E-state index is 12.9. The van der Waals surface area contributed by atoms with Gasteiger partial charge in [0.05, 0.1) is 12.2 Å². The lowest BCUT2D eigenvalue weighted by molar-refractivity contribution is 0.0949. The van der Waals surface area contributed by atoms with Crippen LogP contribution in [0.2, 0.25) is 0 Å². The maximum absolute atomic E-state index is 12.9. The normalized spacial score (nSPS) is 10.4. The summed E-state index contributed by atoms with van der Waals surface area (Å²) in [5, 5.41) is 8.68. The first-order valence-corrected chi connectivity index (χ1v) is 4.99. The number of H-pyrrole nitrogens is 1. The number of hydrogen-bond acceptors (Lipinski definition) is 2. The van der Waals surface area contributed by atoms with Crippen molar-refractivity contribution in [2.45, 2.75) is 6.54 Å². The van der Waals surface area contributed by atoms with Crippen LogP contribution >= 0.6 is 0 Å². The quantitative estimate of drug-likeness (QED) is 0.821. The van der Waals surface area contributed by atoms with Crippen molar-refractivity contribution < 1.29 is 18.0 Å². The first-order valence-electron chi connectivity index (χ1n) is 4.99. The minimum Gasteiger partial charge on any atom is -0.346 e. The first-order chi connectivity index (χ1) is 8.58. The molecule has 1 aromatic heterocycles. The Labute approximate surface area is 99.8 Å². The summed E-state index contributed by atoms with van der Waals surface area (Å²) < 4.78 is 38.5. The molecule has 0 unspecified atom stereocenters. The summed E-state index contributed by atoms with van der Waals surface area (Å²) in [6, 6.07) is 2.91. The number of hydrogen-bond donors (Lipinski definition) is 2. The van der Waals surface area contributed by atoms with Gasteiger partial charge in [-0.25, -0.2) is 13.2 Å². The fourth-order valence-corrected chi connectivity index (χ4v) is 1.35. The van der Waals surface area contributed by atoms with E-state index >= 15 is 0 Å². The molecule has 0 bridgehead atoms. The topological polar surface area (TPSA) is 57.8 Å². The van der Waals surface area contributed by atoms with Crippen molar-refractivity contribution in [1.82, 2.24) is 15.5 Å². The van der Waals surface area contributed by atoms with Crippen molar-refractivity contribution in [3.05, 3.63) is 53.1 Å². The van der Waals surface area contributed by atoms with Crippen molar-refractivity contribution in [3.8, 4) is 0 Å². The van der Waals surface area contributed by atoms with Gasteiger partial charge in [-0.05, 0) is 18.2 Å². The van der Waals surface area contributed by atoms with Crippen molar-refractivity contribution in [2.24, 2.45) is 0 Å². The van der Waals surface area contributed by atoms with Crippen molar-refractivity contribution >= 4 is 5.91 Å². The number of aromatic nitrogens is 2. The molecule has 2 N–H and O–H groups in total. The zero-order valence-electron chi connectivity index (χ0n) is 9.01. The molecule has 0 radical (unpaired) electrons. The molecule has 1 amide bonds. The number of aromatic amines is 1. The fraction of sp³-hybridized carbons (Fsp3) is 0.0909. The Hall–Kier alpha value is -2.31. The van der Waals surface area contributed by atoms with Crippen LogP contribution in [-0.4, -0.2) is 16.1 Å². The predicted octanol–water partition coefficient (Wildman–Crippen LogP) is 1.76. The fourth-order valence-electron chi connectivity index (χ4n) is 1.35. The summed E-state index contributed by atoms with van der Waals surface area (Å²) in [5.41, 5.74) is 0.345. The van der Waals surface area contributed by atoms with Gasteiger partial charge in [0.1, 0.15) is 0 Å². The summed E-state index contributed by atoms with van der Waals surface area (Å²) in [6.45, 7) is 0.124. The predicted molar refractivity (Wildman–Crippen MR) is 56.1 cm³/mol. The number of nitrogens with zero attached hydrogens (tertiary/aromatic N) is 1. The number of nitrogens with one attached hydrogen (secondary N) is 2. The van der Waals surface area contributed by atoms with Crippen LogP contribution in [-0.2, 0) is 6.54 Å². The molecular weight excluding hydrogens is 247 g/mol. The SMILES string of the molecule is O=C(NCc1ccn[nH]1)c1cc(F)c(F)c(F)c1. The number of halogens is 3. The van der Waals surface area contributed by atoms with Gasteiger partial charge in [0.2, 0.25) is 0 Å². The average Bonchev–Trinajstić information content (AvgIpc) is 2.85. The number of carbonyl (C=O) groups excluding carboxylic acids is 1. The zero-order valence-corrected chi connectivity index (χ0v) is 9.01. The minimum absolute atomic E-state index is 0.124. The molecule has 1 heterocycles. The highest BCUT2D eigenvalue weighted by atomic mass is 19.2. The molecule has 18 heavy (non-hydrogen) atoms. The van der Waals surface area contributed by atoms with Crippen LogP contribution < -0.4 is 5.32 Å². The van der Waals surface area contributed by atoms with E-state index in [0.717, 1.165) is 0 Å². The molecule has 94 valence electrons. The van der Waals surface area contributed by atoms with E-state index in [1.807, 2.05) is 0 Å². The van der Waals surface area contributed by atoms with E-state index in [1.54, 1.807) is 6.07 Å². The summed E-state index contributed by atoms with van der Waals surface area (Å²) >= 11 is 0.